The van der Waals surface area contributed by atoms with E-state index in [1.54, 1.807) is 0 Å². The maximum atomic E-state index is 11.8. The zero-order valence-corrected chi connectivity index (χ0v) is 19.0. The topological polar surface area (TPSA) is 163 Å². The molecule has 0 radical (unpaired) electrons. The number of benzene rings is 2. The quantitative estimate of drug-likeness (QED) is 0.243. The Kier molecular flexibility index (Phi) is 6.61. The smallest absolute Gasteiger partial charge is 0.374 e. The van der Waals surface area contributed by atoms with Crippen LogP contribution in [0.5, 0.6) is 0 Å². The number of rotatable bonds is 8. The summed E-state index contributed by atoms with van der Waals surface area (Å²) in [5, 5.41) is 42.9. The molecule has 186 valence electrons. The number of anilines is 1. The Labute approximate surface area is 205 Å². The van der Waals surface area contributed by atoms with Gasteiger partial charge in [0.05, 0.1) is 12.9 Å². The van der Waals surface area contributed by atoms with E-state index in [-0.39, 0.29) is 22.9 Å². The summed E-state index contributed by atoms with van der Waals surface area (Å²) < 4.78 is 6.92. The summed E-state index contributed by atoms with van der Waals surface area (Å²) >= 11 is 0. The fourth-order valence-electron chi connectivity index (χ4n) is 4.43. The van der Waals surface area contributed by atoms with E-state index in [2.05, 4.69) is 20.3 Å². The number of fused-ring (bicyclic) bond motifs is 1. The molecule has 11 nitrogen and oxygen atoms in total. The molecule has 36 heavy (non-hydrogen) atoms. The van der Waals surface area contributed by atoms with Gasteiger partial charge in [-0.3, -0.25) is 4.57 Å². The number of aromatic carboxylic acids is 1. The van der Waals surface area contributed by atoms with Crippen LogP contribution in [-0.2, 0) is 4.74 Å². The highest BCUT2D eigenvalue weighted by Gasteiger charge is 2.44. The van der Waals surface area contributed by atoms with Gasteiger partial charge in [0, 0.05) is 12.5 Å². The van der Waals surface area contributed by atoms with E-state index < -0.39 is 42.9 Å². The molecular formula is C25H25N5O6. The molecule has 2 aromatic heterocycles. The molecule has 3 heterocycles. The highest BCUT2D eigenvalue weighted by Crippen LogP contribution is 2.33. The van der Waals surface area contributed by atoms with Crippen LogP contribution in [0.1, 0.15) is 33.9 Å². The highest BCUT2D eigenvalue weighted by molar-refractivity contribution is 5.90. The van der Waals surface area contributed by atoms with Crippen molar-refractivity contribution in [1.82, 2.24) is 19.5 Å². The second-order valence-corrected chi connectivity index (χ2v) is 8.51. The molecule has 1 saturated heterocycles. The molecule has 2 aromatic carbocycles. The summed E-state index contributed by atoms with van der Waals surface area (Å²) in [6, 6.07) is 19.8. The third kappa shape index (κ3) is 4.40. The van der Waals surface area contributed by atoms with Gasteiger partial charge < -0.3 is 30.5 Å². The predicted octanol–water partition coefficient (Wildman–Crippen LogP) is 1.38. The van der Waals surface area contributed by atoms with Gasteiger partial charge in [0.2, 0.25) is 5.82 Å². The van der Waals surface area contributed by atoms with E-state index in [1.807, 2.05) is 60.7 Å². The van der Waals surface area contributed by atoms with Gasteiger partial charge >= 0.3 is 5.97 Å². The monoisotopic (exact) mass is 491 g/mol. The first-order chi connectivity index (χ1) is 17.5. The molecule has 0 bridgehead atoms. The van der Waals surface area contributed by atoms with Gasteiger partial charge in [0.15, 0.2) is 23.2 Å². The third-order valence-corrected chi connectivity index (χ3v) is 6.28. The number of carboxylic acids is 1. The van der Waals surface area contributed by atoms with E-state index in [1.165, 1.54) is 10.9 Å². The molecule has 0 saturated carbocycles. The molecule has 4 aromatic rings. The minimum Gasteiger partial charge on any atom is -0.475 e. The van der Waals surface area contributed by atoms with Gasteiger partial charge in [0.25, 0.3) is 0 Å². The fourth-order valence-corrected chi connectivity index (χ4v) is 4.43. The van der Waals surface area contributed by atoms with Crippen molar-refractivity contribution in [2.75, 3.05) is 18.5 Å². The second-order valence-electron chi connectivity index (χ2n) is 8.51. The normalized spacial score (nSPS) is 21.8. The van der Waals surface area contributed by atoms with Crippen LogP contribution in [-0.4, -0.2) is 77.4 Å². The predicted molar refractivity (Wildman–Crippen MR) is 129 cm³/mol. The number of hydrogen-bond acceptors (Lipinski definition) is 9. The number of imidazole rings is 1. The molecule has 11 heteroatoms. The number of hydrogen-bond donors (Lipinski definition) is 5. The Balaban J connectivity index is 1.52. The SMILES string of the molecule is O=C(O)c1nc(NCC(c2ccccc2)c2ccccc2)c2ncn([C@@H]3O[C@H](CO)[C@@H](O)[C@H]3O)c2n1. The molecule has 0 aliphatic carbocycles. The van der Waals surface area contributed by atoms with Crippen LogP contribution in [0.25, 0.3) is 11.2 Å². The summed E-state index contributed by atoms with van der Waals surface area (Å²) in [6.45, 7) is -0.107. The van der Waals surface area contributed by atoms with Crippen LogP contribution in [0, 0.1) is 0 Å². The van der Waals surface area contributed by atoms with E-state index >= 15 is 0 Å². The maximum absolute atomic E-state index is 11.8. The van der Waals surface area contributed by atoms with Gasteiger partial charge in [-0.2, -0.15) is 0 Å². The van der Waals surface area contributed by atoms with E-state index in [9.17, 15) is 25.2 Å². The first-order valence-corrected chi connectivity index (χ1v) is 11.4. The Morgan fingerprint density at radius 3 is 2.19 bits per heavy atom. The van der Waals surface area contributed by atoms with Crippen molar-refractivity contribution in [3.05, 3.63) is 83.9 Å². The Hall–Kier alpha value is -3.90. The number of carbonyl (C=O) groups is 1. The average Bonchev–Trinajstić information content (AvgIpc) is 3.45. The van der Waals surface area contributed by atoms with E-state index in [0.717, 1.165) is 11.1 Å². The van der Waals surface area contributed by atoms with E-state index in [0.29, 0.717) is 6.54 Å². The van der Waals surface area contributed by atoms with Gasteiger partial charge in [-0.25, -0.2) is 19.7 Å². The standard InChI is InChI=1S/C25H25N5O6/c31-12-17-19(32)20(33)24(36-17)30-13-27-18-21(28-22(25(34)35)29-23(18)30)26-11-16(14-7-3-1-4-8-14)15-9-5-2-6-10-15/h1-10,13,16-17,19-20,24,31-33H,11-12H2,(H,34,35)(H,26,28,29)/t17-,19-,20-,24-/m1/s1. The van der Waals surface area contributed by atoms with Crippen LogP contribution in [0.3, 0.4) is 0 Å². The van der Waals surface area contributed by atoms with Crippen molar-refractivity contribution in [2.24, 2.45) is 0 Å². The first kappa shape index (κ1) is 23.8. The van der Waals surface area contributed by atoms with Crippen molar-refractivity contribution >= 4 is 23.0 Å². The maximum Gasteiger partial charge on any atom is 0.374 e. The van der Waals surface area contributed by atoms with Gasteiger partial charge in [0.1, 0.15) is 18.3 Å². The number of aliphatic hydroxyl groups excluding tert-OH is 3. The van der Waals surface area contributed by atoms with Crippen molar-refractivity contribution in [2.45, 2.75) is 30.5 Å². The second kappa shape index (κ2) is 9.99. The zero-order valence-electron chi connectivity index (χ0n) is 19.0. The van der Waals surface area contributed by atoms with Crippen molar-refractivity contribution < 1.29 is 30.0 Å². The molecule has 0 spiro atoms. The number of ether oxygens (including phenoxy) is 1. The molecule has 5 rings (SSSR count). The molecular weight excluding hydrogens is 466 g/mol. The lowest BCUT2D eigenvalue weighted by Gasteiger charge is -2.20. The Morgan fingerprint density at radius 2 is 1.64 bits per heavy atom. The lowest BCUT2D eigenvalue weighted by atomic mass is 9.91. The largest absolute Gasteiger partial charge is 0.475 e. The minimum absolute atomic E-state index is 0.0618. The van der Waals surface area contributed by atoms with Crippen LogP contribution in [0.15, 0.2) is 67.0 Å². The lowest BCUT2D eigenvalue weighted by molar-refractivity contribution is -0.0511. The highest BCUT2D eigenvalue weighted by atomic mass is 16.6. The third-order valence-electron chi connectivity index (χ3n) is 6.28. The van der Waals surface area contributed by atoms with Crippen LogP contribution in [0.2, 0.25) is 0 Å². The first-order valence-electron chi connectivity index (χ1n) is 11.4. The molecule has 5 N–H and O–H groups in total. The number of carboxylic acid groups (broad SMARTS) is 1. The number of aliphatic hydroxyl groups is 3. The van der Waals surface area contributed by atoms with Gasteiger partial charge in [-0.15, -0.1) is 0 Å². The van der Waals surface area contributed by atoms with Crippen LogP contribution in [0.4, 0.5) is 5.82 Å². The number of nitrogens with zero attached hydrogens (tertiary/aromatic N) is 4. The van der Waals surface area contributed by atoms with Crippen LogP contribution >= 0.6 is 0 Å². The summed E-state index contributed by atoms with van der Waals surface area (Å²) in [4.78, 5) is 24.4. The van der Waals surface area contributed by atoms with Gasteiger partial charge in [-0.05, 0) is 11.1 Å². The minimum atomic E-state index is -1.38. The summed E-state index contributed by atoms with van der Waals surface area (Å²) in [7, 11) is 0. The van der Waals surface area contributed by atoms with Crippen molar-refractivity contribution in [3.63, 3.8) is 0 Å². The van der Waals surface area contributed by atoms with Gasteiger partial charge in [-0.1, -0.05) is 60.7 Å². The fraction of sp³-hybridized carbons (Fsp3) is 0.280. The summed E-state index contributed by atoms with van der Waals surface area (Å²) in [5.74, 6) is -1.65. The number of nitrogens with one attached hydrogen (secondary N) is 1. The summed E-state index contributed by atoms with van der Waals surface area (Å²) in [5.41, 5.74) is 2.52. The number of aromatic nitrogens is 4. The van der Waals surface area contributed by atoms with E-state index in [4.69, 9.17) is 4.74 Å². The molecule has 0 amide bonds. The molecule has 1 aliphatic heterocycles. The lowest BCUT2D eigenvalue weighted by Crippen LogP contribution is -2.33. The van der Waals surface area contributed by atoms with Crippen molar-refractivity contribution in [3.8, 4) is 0 Å². The Bertz CT molecular complexity index is 1310. The molecule has 1 fully saturated rings. The molecule has 0 unspecified atom stereocenters. The zero-order chi connectivity index (χ0) is 25.2. The van der Waals surface area contributed by atoms with Crippen molar-refractivity contribution in [1.29, 1.82) is 0 Å². The molecule has 1 aliphatic rings. The van der Waals surface area contributed by atoms with Crippen LogP contribution < -0.4 is 5.32 Å². The molecule has 4 atom stereocenters. The Morgan fingerprint density at radius 1 is 1.00 bits per heavy atom. The summed E-state index contributed by atoms with van der Waals surface area (Å²) in [6.07, 6.45) is -3.48. The average molecular weight is 492 g/mol.